The van der Waals surface area contributed by atoms with Gasteiger partial charge in [-0.2, -0.15) is 0 Å². The molecule has 7 heteroatoms. The summed E-state index contributed by atoms with van der Waals surface area (Å²) in [6, 6.07) is -1.64. The van der Waals surface area contributed by atoms with Crippen molar-refractivity contribution in [3.8, 4) is 0 Å². The molecule has 0 heterocycles. The molecule has 0 aliphatic heterocycles. The monoisotopic (exact) mass is 287 g/mol. The molecule has 0 aromatic carbocycles. The number of hydrogen-bond donors (Lipinski definition) is 3. The topological polar surface area (TPSA) is 125 Å². The Balaban J connectivity index is 4.24. The van der Waals surface area contributed by atoms with Crippen molar-refractivity contribution in [2.75, 3.05) is 6.54 Å². The first-order chi connectivity index (χ1) is 9.56. The van der Waals surface area contributed by atoms with E-state index in [2.05, 4.69) is 5.32 Å². The fourth-order valence-corrected chi connectivity index (χ4v) is 1.63. The fourth-order valence-electron chi connectivity index (χ4n) is 1.63. The predicted octanol–water partition coefficient (Wildman–Crippen LogP) is -0.183. The number of esters is 2. The van der Waals surface area contributed by atoms with Crippen molar-refractivity contribution in [2.45, 2.75) is 57.5 Å². The first-order valence-electron chi connectivity index (χ1n) is 6.97. The third-order valence-electron chi connectivity index (χ3n) is 2.87. The van der Waals surface area contributed by atoms with Gasteiger partial charge in [0.15, 0.2) is 0 Å². The zero-order valence-corrected chi connectivity index (χ0v) is 12.0. The van der Waals surface area contributed by atoms with Gasteiger partial charge in [0.25, 0.3) is 0 Å². The number of carbonyl (C=O) groups excluding carboxylic acids is 3. The Morgan fingerprint density at radius 2 is 1.90 bits per heavy atom. The Bertz CT molecular complexity index is 310. The maximum absolute atomic E-state index is 11.7. The molecular weight excluding hydrogens is 262 g/mol. The van der Waals surface area contributed by atoms with Crippen molar-refractivity contribution >= 4 is 18.3 Å². The second-order valence-corrected chi connectivity index (χ2v) is 4.61. The van der Waals surface area contributed by atoms with Gasteiger partial charge in [-0.1, -0.05) is 26.2 Å². The highest BCUT2D eigenvalue weighted by Crippen LogP contribution is 2.05. The lowest BCUT2D eigenvalue weighted by molar-refractivity contribution is -0.162. The summed E-state index contributed by atoms with van der Waals surface area (Å²) in [7, 11) is 0. The van der Waals surface area contributed by atoms with Gasteiger partial charge < -0.3 is 21.5 Å². The molecule has 5 N–H and O–H groups in total. The van der Waals surface area contributed by atoms with E-state index < -0.39 is 24.0 Å². The number of hydrogen-bond acceptors (Lipinski definition) is 6. The summed E-state index contributed by atoms with van der Waals surface area (Å²) in [5, 5.41) is 2.35. The van der Waals surface area contributed by atoms with Crippen LogP contribution in [0.3, 0.4) is 0 Å². The van der Waals surface area contributed by atoms with Gasteiger partial charge in [0.05, 0.1) is 0 Å². The van der Waals surface area contributed by atoms with Gasteiger partial charge in [0.1, 0.15) is 12.1 Å². The Morgan fingerprint density at radius 3 is 2.45 bits per heavy atom. The molecule has 0 saturated heterocycles. The average molecular weight is 287 g/mol. The molecule has 0 aliphatic rings. The maximum atomic E-state index is 11.7. The Kier molecular flexibility index (Phi) is 10.5. The molecule has 0 bridgehead atoms. The summed E-state index contributed by atoms with van der Waals surface area (Å²) >= 11 is 0. The van der Waals surface area contributed by atoms with Gasteiger partial charge >= 0.3 is 11.9 Å². The molecule has 20 heavy (non-hydrogen) atoms. The van der Waals surface area contributed by atoms with Crippen LogP contribution < -0.4 is 16.8 Å². The molecular formula is C13H25N3O4. The highest BCUT2D eigenvalue weighted by atomic mass is 16.6. The van der Waals surface area contributed by atoms with Crippen LogP contribution in [-0.2, 0) is 19.1 Å². The average Bonchev–Trinajstić information content (AvgIpc) is 2.43. The van der Waals surface area contributed by atoms with Crippen LogP contribution in [0.2, 0.25) is 0 Å². The van der Waals surface area contributed by atoms with Gasteiger partial charge in [-0.25, -0.2) is 9.59 Å². The van der Waals surface area contributed by atoms with E-state index in [1.54, 1.807) is 0 Å². The molecule has 1 amide bonds. The van der Waals surface area contributed by atoms with Gasteiger partial charge in [0.2, 0.25) is 6.41 Å². The lowest BCUT2D eigenvalue weighted by Gasteiger charge is -2.15. The van der Waals surface area contributed by atoms with E-state index in [4.69, 9.17) is 16.2 Å². The van der Waals surface area contributed by atoms with Crippen molar-refractivity contribution in [2.24, 2.45) is 11.5 Å². The number of amides is 1. The predicted molar refractivity (Wildman–Crippen MR) is 74.5 cm³/mol. The van der Waals surface area contributed by atoms with Crippen molar-refractivity contribution < 1.29 is 19.1 Å². The molecule has 0 unspecified atom stereocenters. The molecule has 0 radical (unpaired) electrons. The zero-order chi connectivity index (χ0) is 15.4. The van der Waals surface area contributed by atoms with Crippen LogP contribution in [0.1, 0.15) is 45.4 Å². The van der Waals surface area contributed by atoms with Crippen LogP contribution in [0, 0.1) is 0 Å². The normalized spacial score (nSPS) is 13.3. The highest BCUT2D eigenvalue weighted by molar-refractivity contribution is 5.91. The first kappa shape index (κ1) is 18.5. The third-order valence-corrected chi connectivity index (χ3v) is 2.87. The van der Waals surface area contributed by atoms with Gasteiger partial charge in [-0.15, -0.1) is 0 Å². The van der Waals surface area contributed by atoms with Crippen molar-refractivity contribution in [1.29, 1.82) is 0 Å². The number of nitrogens with two attached hydrogens (primary N) is 2. The van der Waals surface area contributed by atoms with Crippen LogP contribution >= 0.6 is 0 Å². The summed E-state index contributed by atoms with van der Waals surface area (Å²) in [6.45, 7) is 2.49. The van der Waals surface area contributed by atoms with E-state index in [0.29, 0.717) is 32.2 Å². The number of rotatable bonds is 11. The van der Waals surface area contributed by atoms with Crippen LogP contribution in [0.5, 0.6) is 0 Å². The minimum absolute atomic E-state index is 0.421. The van der Waals surface area contributed by atoms with E-state index in [1.807, 2.05) is 6.92 Å². The molecule has 0 aliphatic carbocycles. The molecule has 0 fully saturated rings. The molecule has 7 nitrogen and oxygen atoms in total. The molecule has 0 aromatic rings. The van der Waals surface area contributed by atoms with Crippen molar-refractivity contribution in [3.63, 3.8) is 0 Å². The van der Waals surface area contributed by atoms with E-state index in [1.165, 1.54) is 0 Å². The quantitative estimate of drug-likeness (QED) is 0.209. The lowest BCUT2D eigenvalue weighted by Crippen LogP contribution is -2.41. The third kappa shape index (κ3) is 7.85. The Morgan fingerprint density at radius 1 is 1.20 bits per heavy atom. The molecule has 0 aromatic heterocycles. The van der Waals surface area contributed by atoms with Crippen LogP contribution in [0.25, 0.3) is 0 Å². The van der Waals surface area contributed by atoms with Crippen LogP contribution in [0.15, 0.2) is 0 Å². The van der Waals surface area contributed by atoms with E-state index in [-0.39, 0.29) is 0 Å². The molecule has 0 spiro atoms. The molecule has 2 atom stereocenters. The minimum atomic E-state index is -0.839. The summed E-state index contributed by atoms with van der Waals surface area (Å²) < 4.78 is 4.70. The van der Waals surface area contributed by atoms with Crippen molar-refractivity contribution in [3.05, 3.63) is 0 Å². The Hall–Kier alpha value is -1.47. The van der Waals surface area contributed by atoms with Crippen LogP contribution in [0.4, 0.5) is 0 Å². The number of carbonyl (C=O) groups is 3. The van der Waals surface area contributed by atoms with E-state index >= 15 is 0 Å². The standard InChI is InChI=1S/C13H25N3O4/c1-2-3-7-11(16-9-17)13(19)20-12(18)10(15)6-4-5-8-14/h9-11H,2-8,14-15H2,1H3,(H,16,17)/t10-,11-/m0/s1. The maximum Gasteiger partial charge on any atom is 0.336 e. The van der Waals surface area contributed by atoms with Gasteiger partial charge in [0, 0.05) is 0 Å². The van der Waals surface area contributed by atoms with E-state index in [9.17, 15) is 14.4 Å². The highest BCUT2D eigenvalue weighted by Gasteiger charge is 2.24. The second kappa shape index (κ2) is 11.4. The minimum Gasteiger partial charge on any atom is -0.390 e. The molecule has 116 valence electrons. The van der Waals surface area contributed by atoms with Crippen LogP contribution in [-0.4, -0.2) is 37.0 Å². The molecule has 0 rings (SSSR count). The SMILES string of the molecule is CCCC[C@H](NC=O)C(=O)OC(=O)[C@@H](N)CCCCN. The largest absolute Gasteiger partial charge is 0.390 e. The number of unbranched alkanes of at least 4 members (excludes halogenated alkanes) is 2. The van der Waals surface area contributed by atoms with Crippen molar-refractivity contribution in [1.82, 2.24) is 5.32 Å². The smallest absolute Gasteiger partial charge is 0.336 e. The fraction of sp³-hybridized carbons (Fsp3) is 0.769. The second-order valence-electron chi connectivity index (χ2n) is 4.61. The van der Waals surface area contributed by atoms with E-state index in [0.717, 1.165) is 19.3 Å². The summed E-state index contributed by atoms with van der Waals surface area (Å²) in [5.74, 6) is -1.52. The zero-order valence-electron chi connectivity index (χ0n) is 12.0. The summed E-state index contributed by atoms with van der Waals surface area (Å²) in [5.41, 5.74) is 11.0. The Labute approximate surface area is 119 Å². The lowest BCUT2D eigenvalue weighted by atomic mass is 10.1. The number of nitrogens with one attached hydrogen (secondary N) is 1. The molecule has 0 saturated carbocycles. The summed E-state index contributed by atoms with van der Waals surface area (Å²) in [6.07, 6.45) is 4.36. The summed E-state index contributed by atoms with van der Waals surface area (Å²) in [4.78, 5) is 33.8. The first-order valence-corrected chi connectivity index (χ1v) is 6.97. The van der Waals surface area contributed by atoms with Gasteiger partial charge in [-0.05, 0) is 25.8 Å². The van der Waals surface area contributed by atoms with Gasteiger partial charge in [-0.3, -0.25) is 4.79 Å². The number of ether oxygens (including phenoxy) is 1.